The van der Waals surface area contributed by atoms with E-state index in [1.165, 1.54) is 38.5 Å². The Morgan fingerprint density at radius 3 is 2.56 bits per heavy atom. The van der Waals surface area contributed by atoms with Crippen molar-refractivity contribution in [3.63, 3.8) is 0 Å². The molecular weight excluding hydrogens is 370 g/mol. The quantitative estimate of drug-likeness (QED) is 0.524. The Morgan fingerprint density at radius 1 is 1.16 bits per heavy atom. The molecule has 0 spiro atoms. The van der Waals surface area contributed by atoms with Gasteiger partial charge in [-0.15, -0.1) is 0 Å². The van der Waals surface area contributed by atoms with Crippen LogP contribution < -0.4 is 9.47 Å². The zero-order valence-electron chi connectivity index (χ0n) is 13.5. The summed E-state index contributed by atoms with van der Waals surface area (Å²) < 4.78 is 28.6. The molecule has 0 unspecified atom stereocenters. The van der Waals surface area contributed by atoms with Gasteiger partial charge >= 0.3 is 5.97 Å². The van der Waals surface area contributed by atoms with Gasteiger partial charge < -0.3 is 14.2 Å². The van der Waals surface area contributed by atoms with E-state index < -0.39 is 11.8 Å². The van der Waals surface area contributed by atoms with Crippen LogP contribution >= 0.6 is 23.2 Å². The second kappa shape index (κ2) is 8.74. The minimum Gasteiger partial charge on any atom is -0.493 e. The molecule has 25 heavy (non-hydrogen) atoms. The van der Waals surface area contributed by atoms with Crippen molar-refractivity contribution in [2.45, 2.75) is 6.61 Å². The molecule has 132 valence electrons. The predicted octanol–water partition coefficient (Wildman–Crippen LogP) is 4.91. The number of benzene rings is 2. The van der Waals surface area contributed by atoms with Crippen molar-refractivity contribution in [3.8, 4) is 11.5 Å². The Hall–Kier alpha value is -2.24. The van der Waals surface area contributed by atoms with Crippen molar-refractivity contribution in [3.05, 3.63) is 63.4 Å². The lowest BCUT2D eigenvalue weighted by molar-refractivity contribution is -0.134. The van der Waals surface area contributed by atoms with E-state index >= 15 is 0 Å². The average molecular weight is 385 g/mol. The SMILES string of the molecule is COC(=O)/C=C/c1cc(Cl)c(OCc2ccc(F)cc2Cl)c(OC)c1. The van der Waals surface area contributed by atoms with Crippen molar-refractivity contribution in [2.24, 2.45) is 0 Å². The van der Waals surface area contributed by atoms with Crippen LogP contribution in [0.15, 0.2) is 36.4 Å². The van der Waals surface area contributed by atoms with Gasteiger partial charge in [0.15, 0.2) is 11.5 Å². The molecule has 0 radical (unpaired) electrons. The Bertz CT molecular complexity index is 806. The van der Waals surface area contributed by atoms with Crippen molar-refractivity contribution in [2.75, 3.05) is 14.2 Å². The lowest BCUT2D eigenvalue weighted by atomic mass is 10.2. The van der Waals surface area contributed by atoms with Crippen LogP contribution in [0.2, 0.25) is 10.0 Å². The number of rotatable bonds is 6. The Kier molecular flexibility index (Phi) is 6.67. The molecule has 0 bridgehead atoms. The summed E-state index contributed by atoms with van der Waals surface area (Å²) in [5.74, 6) is -0.206. The third-order valence-electron chi connectivity index (χ3n) is 3.25. The van der Waals surface area contributed by atoms with Crippen LogP contribution in [0.5, 0.6) is 11.5 Å². The molecule has 0 fully saturated rings. The van der Waals surface area contributed by atoms with Crippen LogP contribution in [0.25, 0.3) is 6.08 Å². The van der Waals surface area contributed by atoms with Crippen LogP contribution in [-0.4, -0.2) is 20.2 Å². The van der Waals surface area contributed by atoms with E-state index in [0.717, 1.165) is 0 Å². The van der Waals surface area contributed by atoms with Gasteiger partial charge in [0.2, 0.25) is 0 Å². The molecular formula is C18H15Cl2FO4. The predicted molar refractivity (Wildman–Crippen MR) is 94.8 cm³/mol. The molecule has 0 saturated heterocycles. The first-order valence-electron chi connectivity index (χ1n) is 7.15. The molecule has 0 N–H and O–H groups in total. The number of halogens is 3. The molecule has 2 rings (SSSR count). The first-order valence-corrected chi connectivity index (χ1v) is 7.90. The van der Waals surface area contributed by atoms with E-state index in [9.17, 15) is 9.18 Å². The lowest BCUT2D eigenvalue weighted by Gasteiger charge is -2.14. The van der Waals surface area contributed by atoms with Crippen molar-refractivity contribution >= 4 is 35.2 Å². The molecule has 0 aliphatic carbocycles. The maximum absolute atomic E-state index is 13.1. The minimum atomic E-state index is -0.485. The van der Waals surface area contributed by atoms with Gasteiger partial charge in [0.25, 0.3) is 0 Å². The van der Waals surface area contributed by atoms with Gasteiger partial charge in [-0.25, -0.2) is 9.18 Å². The summed E-state index contributed by atoms with van der Waals surface area (Å²) in [7, 11) is 2.76. The third kappa shape index (κ3) is 5.11. The fourth-order valence-corrected chi connectivity index (χ4v) is 2.49. The topological polar surface area (TPSA) is 44.8 Å². The highest BCUT2D eigenvalue weighted by molar-refractivity contribution is 6.32. The molecule has 0 aliphatic heterocycles. The van der Waals surface area contributed by atoms with E-state index in [-0.39, 0.29) is 11.6 Å². The number of hydrogen-bond acceptors (Lipinski definition) is 4. The Morgan fingerprint density at radius 2 is 1.92 bits per heavy atom. The van der Waals surface area contributed by atoms with Gasteiger partial charge in [0, 0.05) is 11.6 Å². The van der Waals surface area contributed by atoms with Gasteiger partial charge in [-0.1, -0.05) is 29.3 Å². The van der Waals surface area contributed by atoms with Crippen molar-refractivity contribution < 1.29 is 23.4 Å². The maximum Gasteiger partial charge on any atom is 0.330 e. The number of hydrogen-bond donors (Lipinski definition) is 0. The number of carbonyl (C=O) groups excluding carboxylic acids is 1. The zero-order valence-corrected chi connectivity index (χ0v) is 15.0. The molecule has 0 saturated carbocycles. The maximum atomic E-state index is 13.1. The van der Waals surface area contributed by atoms with Crippen LogP contribution in [0.3, 0.4) is 0 Å². The summed E-state index contributed by atoms with van der Waals surface area (Å²) >= 11 is 12.2. The van der Waals surface area contributed by atoms with Gasteiger partial charge in [-0.05, 0) is 35.9 Å². The first kappa shape index (κ1) is 19.1. The van der Waals surface area contributed by atoms with Gasteiger partial charge in [0.05, 0.1) is 24.3 Å². The Labute approximate surface area is 154 Å². The molecule has 0 aliphatic rings. The number of methoxy groups -OCH3 is 2. The highest BCUT2D eigenvalue weighted by Gasteiger charge is 2.13. The lowest BCUT2D eigenvalue weighted by Crippen LogP contribution is -2.00. The van der Waals surface area contributed by atoms with Crippen molar-refractivity contribution in [1.82, 2.24) is 0 Å². The second-order valence-corrected chi connectivity index (χ2v) is 5.73. The highest BCUT2D eigenvalue weighted by Crippen LogP contribution is 2.37. The van der Waals surface area contributed by atoms with Crippen LogP contribution in [-0.2, 0) is 16.1 Å². The standard InChI is InChI=1S/C18H15Cl2FO4/c1-23-16-8-11(3-6-17(22)24-2)7-15(20)18(16)25-10-12-4-5-13(21)9-14(12)19/h3-9H,10H2,1-2H3/b6-3+. The number of esters is 1. The summed E-state index contributed by atoms with van der Waals surface area (Å²) in [5, 5.41) is 0.551. The second-order valence-electron chi connectivity index (χ2n) is 4.92. The van der Waals surface area contributed by atoms with E-state index in [1.54, 1.807) is 18.2 Å². The molecule has 0 heterocycles. The van der Waals surface area contributed by atoms with Crippen LogP contribution in [0, 0.1) is 5.82 Å². The molecule has 2 aromatic rings. The van der Waals surface area contributed by atoms with E-state index in [2.05, 4.69) is 4.74 Å². The normalized spacial score (nSPS) is 10.8. The van der Waals surface area contributed by atoms with Crippen molar-refractivity contribution in [1.29, 1.82) is 0 Å². The minimum absolute atomic E-state index is 0.0898. The van der Waals surface area contributed by atoms with Gasteiger partial charge in [0.1, 0.15) is 12.4 Å². The van der Waals surface area contributed by atoms with E-state index in [4.69, 9.17) is 32.7 Å². The van der Waals surface area contributed by atoms with Crippen LogP contribution in [0.1, 0.15) is 11.1 Å². The smallest absolute Gasteiger partial charge is 0.330 e. The van der Waals surface area contributed by atoms with Crippen LogP contribution in [0.4, 0.5) is 4.39 Å². The van der Waals surface area contributed by atoms with E-state index in [0.29, 0.717) is 27.6 Å². The third-order valence-corrected chi connectivity index (χ3v) is 3.88. The fourth-order valence-electron chi connectivity index (χ4n) is 2.00. The van der Waals surface area contributed by atoms with Gasteiger partial charge in [-0.2, -0.15) is 0 Å². The molecule has 2 aromatic carbocycles. The molecule has 4 nitrogen and oxygen atoms in total. The fraction of sp³-hybridized carbons (Fsp3) is 0.167. The van der Waals surface area contributed by atoms with E-state index in [1.807, 2.05) is 0 Å². The summed E-state index contributed by atoms with van der Waals surface area (Å²) in [6.45, 7) is 0.0898. The summed E-state index contributed by atoms with van der Waals surface area (Å²) in [5.41, 5.74) is 1.25. The highest BCUT2D eigenvalue weighted by atomic mass is 35.5. The number of ether oxygens (including phenoxy) is 3. The monoisotopic (exact) mass is 384 g/mol. The molecule has 0 aromatic heterocycles. The first-order chi connectivity index (χ1) is 11.9. The largest absolute Gasteiger partial charge is 0.493 e. The molecule has 7 heteroatoms. The summed E-state index contributed by atoms with van der Waals surface area (Å²) in [6.07, 6.45) is 2.81. The summed E-state index contributed by atoms with van der Waals surface area (Å²) in [6, 6.07) is 7.31. The summed E-state index contributed by atoms with van der Waals surface area (Å²) in [4.78, 5) is 11.2. The van der Waals surface area contributed by atoms with Gasteiger partial charge in [-0.3, -0.25) is 0 Å². The number of carbonyl (C=O) groups is 1. The molecule has 0 amide bonds. The Balaban J connectivity index is 2.22. The zero-order chi connectivity index (χ0) is 18.4. The molecule has 0 atom stereocenters. The average Bonchev–Trinajstić information content (AvgIpc) is 2.59.